The Morgan fingerprint density at radius 3 is 2.69 bits per heavy atom. The van der Waals surface area contributed by atoms with Crippen LogP contribution in [0.2, 0.25) is 0 Å². The Balaban J connectivity index is 2.88. The van der Waals surface area contributed by atoms with E-state index in [0.29, 0.717) is 0 Å². The summed E-state index contributed by atoms with van der Waals surface area (Å²) < 4.78 is 4.16. The number of hydrogen-bond donors (Lipinski definition) is 0. The molecule has 0 atom stereocenters. The molecule has 2 rings (SSSR count). The normalized spacial score (nSPS) is 11.0. The quantitative estimate of drug-likeness (QED) is 0.460. The summed E-state index contributed by atoms with van der Waals surface area (Å²) in [6.45, 7) is 0. The van der Waals surface area contributed by atoms with Gasteiger partial charge in [0.15, 0.2) is 0 Å². The average molecular weight is 432 g/mol. The number of fused-ring (bicyclic) bond motifs is 1. The lowest BCUT2D eigenvalue weighted by Gasteiger charge is -2.01. The largest absolute Gasteiger partial charge is 0.142 e. The number of thioether (sulfide) groups is 1. The standard InChI is InChI=1S/C9H6I2S2/c1-12-7-3-2-5(10)9-8(7)6(11)4-13-9/h2-4H,1H3. The van der Waals surface area contributed by atoms with Gasteiger partial charge in [-0.2, -0.15) is 0 Å². The topological polar surface area (TPSA) is 0 Å². The molecule has 0 amide bonds. The lowest BCUT2D eigenvalue weighted by molar-refractivity contribution is 1.55. The highest BCUT2D eigenvalue weighted by molar-refractivity contribution is 14.1. The van der Waals surface area contributed by atoms with Crippen molar-refractivity contribution in [2.24, 2.45) is 0 Å². The van der Waals surface area contributed by atoms with E-state index in [4.69, 9.17) is 0 Å². The maximum Gasteiger partial charge on any atom is 0.0498 e. The Labute approximate surface area is 113 Å². The molecule has 0 radical (unpaired) electrons. The van der Waals surface area contributed by atoms with Crippen LogP contribution in [0.5, 0.6) is 0 Å². The summed E-state index contributed by atoms with van der Waals surface area (Å²) in [4.78, 5) is 1.39. The monoisotopic (exact) mass is 432 g/mol. The first-order chi connectivity index (χ1) is 6.24. The molecule has 1 aromatic carbocycles. The Bertz CT molecular complexity index is 448. The molecular formula is C9H6I2S2. The molecule has 0 saturated heterocycles. The van der Waals surface area contributed by atoms with E-state index in [0.717, 1.165) is 0 Å². The van der Waals surface area contributed by atoms with Crippen molar-refractivity contribution in [2.45, 2.75) is 4.90 Å². The van der Waals surface area contributed by atoms with Gasteiger partial charge in [-0.3, -0.25) is 0 Å². The Hall–Kier alpha value is 0.990. The fourth-order valence-corrected chi connectivity index (χ4v) is 4.90. The second-order valence-corrected chi connectivity index (χ2v) is 6.59. The maximum absolute atomic E-state index is 2.41. The molecule has 0 bridgehead atoms. The van der Waals surface area contributed by atoms with E-state index in [1.54, 1.807) is 0 Å². The Kier molecular flexibility index (Phi) is 3.43. The first-order valence-electron chi connectivity index (χ1n) is 3.63. The van der Waals surface area contributed by atoms with Gasteiger partial charge in [0.1, 0.15) is 0 Å². The van der Waals surface area contributed by atoms with Gasteiger partial charge < -0.3 is 0 Å². The van der Waals surface area contributed by atoms with E-state index in [9.17, 15) is 0 Å². The second kappa shape index (κ2) is 4.24. The molecule has 68 valence electrons. The van der Waals surface area contributed by atoms with Crippen molar-refractivity contribution in [1.82, 2.24) is 0 Å². The van der Waals surface area contributed by atoms with Gasteiger partial charge in [0.25, 0.3) is 0 Å². The third kappa shape index (κ3) is 1.87. The highest BCUT2D eigenvalue weighted by atomic mass is 127. The molecule has 0 unspecified atom stereocenters. The van der Waals surface area contributed by atoms with Crippen LogP contribution in [-0.2, 0) is 0 Å². The lowest BCUT2D eigenvalue weighted by atomic mass is 10.3. The lowest BCUT2D eigenvalue weighted by Crippen LogP contribution is -1.77. The van der Waals surface area contributed by atoms with Crippen LogP contribution in [0.3, 0.4) is 0 Å². The zero-order chi connectivity index (χ0) is 9.42. The predicted molar refractivity (Wildman–Crippen MR) is 79.0 cm³/mol. The van der Waals surface area contributed by atoms with E-state index in [2.05, 4.69) is 69.0 Å². The van der Waals surface area contributed by atoms with Crippen molar-refractivity contribution in [3.05, 3.63) is 24.7 Å². The van der Waals surface area contributed by atoms with Crippen molar-refractivity contribution < 1.29 is 0 Å². The summed E-state index contributed by atoms with van der Waals surface area (Å²) in [5.41, 5.74) is 0. The van der Waals surface area contributed by atoms with E-state index in [-0.39, 0.29) is 0 Å². The fraction of sp³-hybridized carbons (Fsp3) is 0.111. The highest BCUT2D eigenvalue weighted by Gasteiger charge is 2.08. The van der Waals surface area contributed by atoms with Crippen molar-refractivity contribution in [2.75, 3.05) is 6.26 Å². The van der Waals surface area contributed by atoms with E-state index < -0.39 is 0 Å². The summed E-state index contributed by atoms with van der Waals surface area (Å²) in [5, 5.41) is 3.66. The number of rotatable bonds is 1. The third-order valence-electron chi connectivity index (χ3n) is 1.81. The van der Waals surface area contributed by atoms with Gasteiger partial charge >= 0.3 is 0 Å². The van der Waals surface area contributed by atoms with Gasteiger partial charge in [-0.15, -0.1) is 23.1 Å². The third-order valence-corrected chi connectivity index (χ3v) is 6.14. The van der Waals surface area contributed by atoms with Crippen molar-refractivity contribution in [1.29, 1.82) is 0 Å². The van der Waals surface area contributed by atoms with Crippen LogP contribution in [0.4, 0.5) is 0 Å². The summed E-state index contributed by atoms with van der Waals surface area (Å²) >= 11 is 8.48. The molecule has 4 heteroatoms. The molecule has 13 heavy (non-hydrogen) atoms. The number of hydrogen-bond acceptors (Lipinski definition) is 2. The molecule has 0 N–H and O–H groups in total. The van der Waals surface area contributed by atoms with E-state index in [1.807, 2.05) is 23.1 Å². The minimum Gasteiger partial charge on any atom is -0.142 e. The van der Waals surface area contributed by atoms with Gasteiger partial charge in [-0.1, -0.05) is 0 Å². The van der Waals surface area contributed by atoms with Crippen molar-refractivity contribution in [3.63, 3.8) is 0 Å². The summed E-state index contributed by atoms with van der Waals surface area (Å²) in [6, 6.07) is 4.41. The van der Waals surface area contributed by atoms with Crippen LogP contribution in [-0.4, -0.2) is 6.26 Å². The maximum atomic E-state index is 2.41. The minimum absolute atomic E-state index is 1.36. The molecule has 1 aromatic heterocycles. The zero-order valence-corrected chi connectivity index (χ0v) is 12.8. The predicted octanol–water partition coefficient (Wildman–Crippen LogP) is 4.83. The number of benzene rings is 1. The van der Waals surface area contributed by atoms with Crippen LogP contribution in [0.25, 0.3) is 10.1 Å². The molecule has 0 spiro atoms. The Morgan fingerprint density at radius 2 is 2.00 bits per heavy atom. The van der Waals surface area contributed by atoms with Crippen LogP contribution >= 0.6 is 68.3 Å². The summed E-state index contributed by atoms with van der Waals surface area (Å²) in [6.07, 6.45) is 2.13. The summed E-state index contributed by atoms with van der Waals surface area (Å²) in [5.74, 6) is 0. The molecule has 0 fully saturated rings. The molecular weight excluding hydrogens is 426 g/mol. The molecule has 0 aliphatic heterocycles. The molecule has 2 aromatic rings. The number of halogens is 2. The molecule has 0 aliphatic rings. The number of thiophene rings is 1. The van der Waals surface area contributed by atoms with Gasteiger partial charge in [0, 0.05) is 27.5 Å². The van der Waals surface area contributed by atoms with Crippen LogP contribution in [0.1, 0.15) is 0 Å². The van der Waals surface area contributed by atoms with Crippen molar-refractivity contribution >= 4 is 78.4 Å². The van der Waals surface area contributed by atoms with Gasteiger partial charge in [0.05, 0.1) is 0 Å². The SMILES string of the molecule is CSc1ccc(I)c2scc(I)c12. The second-order valence-electron chi connectivity index (χ2n) is 2.54. The average Bonchev–Trinajstić information content (AvgIpc) is 2.51. The van der Waals surface area contributed by atoms with Crippen molar-refractivity contribution in [3.8, 4) is 0 Å². The van der Waals surface area contributed by atoms with E-state index in [1.165, 1.54) is 22.1 Å². The van der Waals surface area contributed by atoms with Gasteiger partial charge in [-0.05, 0) is 63.6 Å². The first kappa shape index (κ1) is 10.5. The highest BCUT2D eigenvalue weighted by Crippen LogP contribution is 2.37. The van der Waals surface area contributed by atoms with E-state index >= 15 is 0 Å². The molecule has 0 nitrogen and oxygen atoms in total. The van der Waals surface area contributed by atoms with Crippen LogP contribution < -0.4 is 0 Å². The first-order valence-corrected chi connectivity index (χ1v) is 7.89. The van der Waals surface area contributed by atoms with Gasteiger partial charge in [0.2, 0.25) is 0 Å². The summed E-state index contributed by atoms with van der Waals surface area (Å²) in [7, 11) is 0. The smallest absolute Gasteiger partial charge is 0.0498 e. The van der Waals surface area contributed by atoms with Crippen LogP contribution in [0.15, 0.2) is 22.4 Å². The van der Waals surface area contributed by atoms with Gasteiger partial charge in [-0.25, -0.2) is 0 Å². The molecule has 0 saturated carbocycles. The van der Waals surface area contributed by atoms with Crippen LogP contribution in [0, 0.1) is 7.14 Å². The molecule has 1 heterocycles. The minimum atomic E-state index is 1.36. The zero-order valence-electron chi connectivity index (χ0n) is 6.80. The molecule has 0 aliphatic carbocycles. The fourth-order valence-electron chi connectivity index (χ4n) is 1.22. The Morgan fingerprint density at radius 1 is 1.23 bits per heavy atom.